The van der Waals surface area contributed by atoms with E-state index in [0.717, 1.165) is 11.3 Å². The zero-order valence-corrected chi connectivity index (χ0v) is 18.1. The number of methoxy groups -OCH3 is 3. The molecule has 156 valence electrons. The number of thiophene rings is 1. The van der Waals surface area contributed by atoms with E-state index in [1.807, 2.05) is 0 Å². The SMILES string of the molecule is COC(=O)c1c(NC(=O)Cc2ccc(OC)c(OC)c2)sc(C(=O)N(C)C)c1C. The van der Waals surface area contributed by atoms with E-state index in [9.17, 15) is 14.4 Å². The maximum atomic E-state index is 12.6. The van der Waals surface area contributed by atoms with E-state index in [2.05, 4.69) is 5.32 Å². The summed E-state index contributed by atoms with van der Waals surface area (Å²) in [5.74, 6) is -0.132. The lowest BCUT2D eigenvalue weighted by molar-refractivity contribution is -0.115. The Morgan fingerprint density at radius 1 is 1.07 bits per heavy atom. The van der Waals surface area contributed by atoms with Gasteiger partial charge in [-0.1, -0.05) is 6.07 Å². The van der Waals surface area contributed by atoms with Crippen molar-refractivity contribution in [2.45, 2.75) is 13.3 Å². The average Bonchev–Trinajstić information content (AvgIpc) is 3.01. The second-order valence-electron chi connectivity index (χ2n) is 6.37. The maximum absolute atomic E-state index is 12.6. The van der Waals surface area contributed by atoms with Crippen LogP contribution in [0.1, 0.15) is 31.2 Å². The lowest BCUT2D eigenvalue weighted by Gasteiger charge is -2.10. The van der Waals surface area contributed by atoms with Crippen molar-refractivity contribution in [2.75, 3.05) is 40.7 Å². The van der Waals surface area contributed by atoms with Gasteiger partial charge in [-0.3, -0.25) is 9.59 Å². The summed E-state index contributed by atoms with van der Waals surface area (Å²) >= 11 is 1.05. The number of esters is 1. The average molecular weight is 420 g/mol. The largest absolute Gasteiger partial charge is 0.493 e. The molecule has 0 spiro atoms. The number of carbonyl (C=O) groups is 3. The van der Waals surface area contributed by atoms with Crippen molar-refractivity contribution in [3.05, 3.63) is 39.8 Å². The third-order valence-electron chi connectivity index (χ3n) is 4.20. The predicted molar refractivity (Wildman–Crippen MR) is 110 cm³/mol. The van der Waals surface area contributed by atoms with Crippen LogP contribution in [0.5, 0.6) is 11.5 Å². The fourth-order valence-electron chi connectivity index (χ4n) is 2.70. The van der Waals surface area contributed by atoms with Gasteiger partial charge >= 0.3 is 5.97 Å². The third kappa shape index (κ3) is 4.86. The molecule has 8 nitrogen and oxygen atoms in total. The summed E-state index contributed by atoms with van der Waals surface area (Å²) in [6.45, 7) is 1.66. The number of benzene rings is 1. The van der Waals surface area contributed by atoms with Crippen molar-refractivity contribution in [3.8, 4) is 11.5 Å². The monoisotopic (exact) mass is 420 g/mol. The van der Waals surface area contributed by atoms with Crippen molar-refractivity contribution in [3.63, 3.8) is 0 Å². The van der Waals surface area contributed by atoms with E-state index in [1.165, 1.54) is 26.2 Å². The first kappa shape index (κ1) is 22.2. The highest BCUT2D eigenvalue weighted by molar-refractivity contribution is 7.18. The summed E-state index contributed by atoms with van der Waals surface area (Å²) in [5, 5.41) is 3.01. The van der Waals surface area contributed by atoms with Crippen LogP contribution in [-0.2, 0) is 16.0 Å². The van der Waals surface area contributed by atoms with Gasteiger partial charge in [0.15, 0.2) is 11.5 Å². The van der Waals surface area contributed by atoms with Gasteiger partial charge in [-0.2, -0.15) is 0 Å². The van der Waals surface area contributed by atoms with Crippen LogP contribution in [0.25, 0.3) is 0 Å². The molecule has 0 radical (unpaired) electrons. The van der Waals surface area contributed by atoms with Gasteiger partial charge in [0.25, 0.3) is 5.91 Å². The second kappa shape index (κ2) is 9.42. The molecule has 29 heavy (non-hydrogen) atoms. The minimum absolute atomic E-state index is 0.0505. The summed E-state index contributed by atoms with van der Waals surface area (Å²) in [6, 6.07) is 5.17. The van der Waals surface area contributed by atoms with Gasteiger partial charge in [0.05, 0.1) is 38.2 Å². The van der Waals surface area contributed by atoms with Crippen molar-refractivity contribution in [1.29, 1.82) is 0 Å². The molecule has 0 saturated heterocycles. The smallest absolute Gasteiger partial charge is 0.341 e. The first-order valence-corrected chi connectivity index (χ1v) is 9.49. The Kier molecular flexibility index (Phi) is 7.22. The summed E-state index contributed by atoms with van der Waals surface area (Å²) in [6.07, 6.45) is 0.0505. The van der Waals surface area contributed by atoms with E-state index in [1.54, 1.807) is 39.2 Å². The fraction of sp³-hybridized carbons (Fsp3) is 0.350. The Morgan fingerprint density at radius 2 is 1.72 bits per heavy atom. The van der Waals surface area contributed by atoms with Gasteiger partial charge in [-0.05, 0) is 30.2 Å². The molecule has 0 fully saturated rings. The molecule has 0 unspecified atom stereocenters. The Hall–Kier alpha value is -3.07. The predicted octanol–water partition coefficient (Wildman–Crippen LogP) is 2.74. The number of amides is 2. The molecule has 0 aliphatic carbocycles. The number of rotatable bonds is 7. The molecule has 1 heterocycles. The molecule has 0 bridgehead atoms. The molecule has 0 atom stereocenters. The summed E-state index contributed by atoms with van der Waals surface area (Å²) in [4.78, 5) is 39.0. The fourth-order valence-corrected chi connectivity index (χ4v) is 3.94. The second-order valence-corrected chi connectivity index (χ2v) is 7.39. The number of hydrogen-bond donors (Lipinski definition) is 1. The molecule has 1 aromatic carbocycles. The van der Waals surface area contributed by atoms with Crippen LogP contribution in [0.2, 0.25) is 0 Å². The van der Waals surface area contributed by atoms with Gasteiger partial charge in [-0.15, -0.1) is 11.3 Å². The number of nitrogens with zero attached hydrogens (tertiary/aromatic N) is 1. The highest BCUT2D eigenvalue weighted by atomic mass is 32.1. The van der Waals surface area contributed by atoms with E-state index in [0.29, 0.717) is 27.5 Å². The molecule has 2 amide bonds. The van der Waals surface area contributed by atoms with E-state index in [-0.39, 0.29) is 28.8 Å². The quantitative estimate of drug-likeness (QED) is 0.692. The summed E-state index contributed by atoms with van der Waals surface area (Å²) in [7, 11) is 7.54. The molecule has 0 saturated carbocycles. The Bertz CT molecular complexity index is 935. The lowest BCUT2D eigenvalue weighted by Crippen LogP contribution is -2.21. The zero-order chi connectivity index (χ0) is 21.7. The van der Waals surface area contributed by atoms with Gasteiger partial charge in [0.1, 0.15) is 5.00 Å². The highest BCUT2D eigenvalue weighted by Crippen LogP contribution is 2.34. The highest BCUT2D eigenvalue weighted by Gasteiger charge is 2.27. The van der Waals surface area contributed by atoms with Crippen molar-refractivity contribution >= 4 is 34.1 Å². The normalized spacial score (nSPS) is 10.3. The Balaban J connectivity index is 2.30. The van der Waals surface area contributed by atoms with Crippen LogP contribution >= 0.6 is 11.3 Å². The molecule has 1 aromatic heterocycles. The van der Waals surface area contributed by atoms with Crippen molar-refractivity contribution in [2.24, 2.45) is 0 Å². The van der Waals surface area contributed by atoms with Crippen LogP contribution in [0.4, 0.5) is 5.00 Å². The molecule has 2 aromatic rings. The van der Waals surface area contributed by atoms with Crippen LogP contribution in [-0.4, -0.2) is 58.1 Å². The molecule has 9 heteroatoms. The van der Waals surface area contributed by atoms with Crippen LogP contribution in [0.15, 0.2) is 18.2 Å². The van der Waals surface area contributed by atoms with E-state index >= 15 is 0 Å². The number of carbonyl (C=O) groups excluding carboxylic acids is 3. The Morgan fingerprint density at radius 3 is 2.28 bits per heavy atom. The molecule has 0 aliphatic heterocycles. The van der Waals surface area contributed by atoms with Crippen LogP contribution in [0.3, 0.4) is 0 Å². The number of ether oxygens (including phenoxy) is 3. The molecular weight excluding hydrogens is 396 g/mol. The van der Waals surface area contributed by atoms with Crippen LogP contribution < -0.4 is 14.8 Å². The van der Waals surface area contributed by atoms with Gasteiger partial charge < -0.3 is 24.4 Å². The molecule has 0 aliphatic rings. The zero-order valence-electron chi connectivity index (χ0n) is 17.2. The van der Waals surface area contributed by atoms with Crippen molar-refractivity contribution < 1.29 is 28.6 Å². The number of nitrogens with one attached hydrogen (secondary N) is 1. The Labute approximate surface area is 173 Å². The summed E-state index contributed by atoms with van der Waals surface area (Å²) in [5.41, 5.74) is 1.36. The summed E-state index contributed by atoms with van der Waals surface area (Å²) < 4.78 is 15.3. The standard InChI is InChI=1S/C20H24N2O6S/c1-11-16(20(25)28-6)18(29-17(11)19(24)22(2)3)21-15(23)10-12-7-8-13(26-4)14(9-12)27-5/h7-9H,10H2,1-6H3,(H,21,23). The van der Waals surface area contributed by atoms with Gasteiger partial charge in [0.2, 0.25) is 5.91 Å². The van der Waals surface area contributed by atoms with Gasteiger partial charge in [-0.25, -0.2) is 4.79 Å². The number of hydrogen-bond acceptors (Lipinski definition) is 7. The lowest BCUT2D eigenvalue weighted by atomic mass is 10.1. The van der Waals surface area contributed by atoms with Crippen molar-refractivity contribution in [1.82, 2.24) is 4.90 Å². The topological polar surface area (TPSA) is 94.2 Å². The van der Waals surface area contributed by atoms with E-state index in [4.69, 9.17) is 14.2 Å². The molecule has 1 N–H and O–H groups in total. The molecule has 2 rings (SSSR count). The first-order valence-electron chi connectivity index (χ1n) is 8.67. The first-order chi connectivity index (χ1) is 13.7. The third-order valence-corrected chi connectivity index (χ3v) is 5.40. The molecular formula is C20H24N2O6S. The van der Waals surface area contributed by atoms with E-state index < -0.39 is 5.97 Å². The number of anilines is 1. The maximum Gasteiger partial charge on any atom is 0.341 e. The minimum atomic E-state index is -0.613. The minimum Gasteiger partial charge on any atom is -0.493 e. The van der Waals surface area contributed by atoms with Crippen LogP contribution in [0, 0.1) is 6.92 Å². The van der Waals surface area contributed by atoms with Gasteiger partial charge in [0, 0.05) is 14.1 Å².